The Labute approximate surface area is 91.3 Å². The molecular formula is C9H13IOS. The third kappa shape index (κ3) is 2.13. The topological polar surface area (TPSA) is 9.23 Å². The van der Waals surface area contributed by atoms with E-state index in [0.717, 1.165) is 5.06 Å². The Kier molecular flexibility index (Phi) is 3.04. The minimum Gasteiger partial charge on any atom is -0.486 e. The Morgan fingerprint density at radius 2 is 2.00 bits per heavy atom. The Bertz CT molecular complexity index is 273. The fraction of sp³-hybridized carbons (Fsp3) is 0.556. The second-order valence-electron chi connectivity index (χ2n) is 3.70. The average molecular weight is 296 g/mol. The van der Waals surface area contributed by atoms with Crippen molar-refractivity contribution in [3.8, 4) is 5.06 Å². The van der Waals surface area contributed by atoms with Gasteiger partial charge < -0.3 is 4.74 Å². The standard InChI is InChI=1S/C9H13IOS/c1-9(2,3)7-5-6(10)8(11-4)12-7/h5H,1-4H3. The monoisotopic (exact) mass is 296 g/mol. The molecule has 0 amide bonds. The number of halogens is 1. The molecule has 1 rings (SSSR count). The van der Waals surface area contributed by atoms with E-state index in [4.69, 9.17) is 4.74 Å². The maximum atomic E-state index is 5.23. The lowest BCUT2D eigenvalue weighted by atomic mass is 9.95. The van der Waals surface area contributed by atoms with Crippen LogP contribution >= 0.6 is 33.9 Å². The lowest BCUT2D eigenvalue weighted by Crippen LogP contribution is -2.07. The molecule has 1 aromatic rings. The fourth-order valence-corrected chi connectivity index (χ4v) is 2.86. The van der Waals surface area contributed by atoms with Crippen LogP contribution in [0.25, 0.3) is 0 Å². The third-order valence-electron chi connectivity index (χ3n) is 1.58. The van der Waals surface area contributed by atoms with Crippen molar-refractivity contribution in [1.82, 2.24) is 0 Å². The molecule has 0 radical (unpaired) electrons. The lowest BCUT2D eigenvalue weighted by Gasteiger charge is -2.14. The summed E-state index contributed by atoms with van der Waals surface area (Å²) >= 11 is 4.04. The Balaban J connectivity index is 3.05. The maximum Gasteiger partial charge on any atom is 0.187 e. The molecule has 0 spiro atoms. The molecule has 0 aliphatic heterocycles. The van der Waals surface area contributed by atoms with Crippen molar-refractivity contribution >= 4 is 33.9 Å². The van der Waals surface area contributed by atoms with Crippen LogP contribution < -0.4 is 4.74 Å². The van der Waals surface area contributed by atoms with Crippen LogP contribution in [-0.4, -0.2) is 7.11 Å². The lowest BCUT2D eigenvalue weighted by molar-refractivity contribution is 0.424. The normalized spacial score (nSPS) is 11.8. The zero-order valence-electron chi connectivity index (χ0n) is 7.77. The van der Waals surface area contributed by atoms with Gasteiger partial charge in [-0.05, 0) is 34.1 Å². The van der Waals surface area contributed by atoms with Crippen molar-refractivity contribution in [1.29, 1.82) is 0 Å². The molecule has 0 N–H and O–H groups in total. The first-order valence-corrected chi connectivity index (χ1v) is 5.68. The van der Waals surface area contributed by atoms with E-state index in [1.165, 1.54) is 8.45 Å². The number of rotatable bonds is 1. The number of hydrogen-bond donors (Lipinski definition) is 0. The van der Waals surface area contributed by atoms with Gasteiger partial charge in [-0.3, -0.25) is 0 Å². The Hall–Kier alpha value is 0.230. The largest absolute Gasteiger partial charge is 0.486 e. The molecule has 0 fully saturated rings. The highest BCUT2D eigenvalue weighted by molar-refractivity contribution is 14.1. The molecule has 0 aliphatic rings. The zero-order chi connectivity index (χ0) is 9.35. The van der Waals surface area contributed by atoms with Gasteiger partial charge in [0.15, 0.2) is 5.06 Å². The van der Waals surface area contributed by atoms with Crippen LogP contribution in [0, 0.1) is 3.57 Å². The number of methoxy groups -OCH3 is 1. The van der Waals surface area contributed by atoms with Crippen LogP contribution in [0.5, 0.6) is 5.06 Å². The minimum atomic E-state index is 0.237. The van der Waals surface area contributed by atoms with Gasteiger partial charge in [0.05, 0.1) is 10.7 Å². The molecule has 3 heteroatoms. The molecule has 0 unspecified atom stereocenters. The zero-order valence-corrected chi connectivity index (χ0v) is 10.7. The second-order valence-corrected chi connectivity index (χ2v) is 5.88. The fourth-order valence-electron chi connectivity index (χ4n) is 0.861. The summed E-state index contributed by atoms with van der Waals surface area (Å²) < 4.78 is 6.44. The van der Waals surface area contributed by atoms with Gasteiger partial charge in [0.25, 0.3) is 0 Å². The highest BCUT2D eigenvalue weighted by atomic mass is 127. The minimum absolute atomic E-state index is 0.237. The predicted molar refractivity (Wildman–Crippen MR) is 62.3 cm³/mol. The average Bonchev–Trinajstić information content (AvgIpc) is 2.29. The molecule has 0 aromatic carbocycles. The summed E-state index contributed by atoms with van der Waals surface area (Å²) in [5, 5.41) is 1.03. The molecular weight excluding hydrogens is 283 g/mol. The van der Waals surface area contributed by atoms with E-state index in [0.29, 0.717) is 0 Å². The first-order chi connectivity index (χ1) is 5.45. The van der Waals surface area contributed by atoms with Crippen LogP contribution in [0.3, 0.4) is 0 Å². The van der Waals surface area contributed by atoms with Gasteiger partial charge in [-0.1, -0.05) is 20.8 Å². The van der Waals surface area contributed by atoms with Crippen molar-refractivity contribution in [2.24, 2.45) is 0 Å². The number of thiophene rings is 1. The van der Waals surface area contributed by atoms with E-state index in [1.807, 2.05) is 0 Å². The van der Waals surface area contributed by atoms with Gasteiger partial charge in [0, 0.05) is 4.88 Å². The molecule has 0 atom stereocenters. The Morgan fingerprint density at radius 3 is 2.25 bits per heavy atom. The van der Waals surface area contributed by atoms with Crippen molar-refractivity contribution in [3.05, 3.63) is 14.5 Å². The summed E-state index contributed by atoms with van der Waals surface area (Å²) in [6, 6.07) is 2.20. The van der Waals surface area contributed by atoms with E-state index in [2.05, 4.69) is 49.4 Å². The SMILES string of the molecule is COc1sc(C(C)(C)C)cc1I. The molecule has 0 saturated carbocycles. The van der Waals surface area contributed by atoms with Crippen LogP contribution in [0.2, 0.25) is 0 Å². The van der Waals surface area contributed by atoms with Crippen molar-refractivity contribution in [2.45, 2.75) is 26.2 Å². The number of ether oxygens (including phenoxy) is 1. The van der Waals surface area contributed by atoms with Gasteiger partial charge in [-0.15, -0.1) is 11.3 Å². The van der Waals surface area contributed by atoms with Crippen molar-refractivity contribution < 1.29 is 4.74 Å². The smallest absolute Gasteiger partial charge is 0.187 e. The quantitative estimate of drug-likeness (QED) is 0.719. The summed E-state index contributed by atoms with van der Waals surface area (Å²) in [4.78, 5) is 1.38. The van der Waals surface area contributed by atoms with E-state index in [-0.39, 0.29) is 5.41 Å². The van der Waals surface area contributed by atoms with Gasteiger partial charge in [0.1, 0.15) is 0 Å². The molecule has 68 valence electrons. The molecule has 1 heterocycles. The first-order valence-electron chi connectivity index (χ1n) is 3.79. The van der Waals surface area contributed by atoms with Gasteiger partial charge in [-0.25, -0.2) is 0 Å². The van der Waals surface area contributed by atoms with Gasteiger partial charge in [-0.2, -0.15) is 0 Å². The highest BCUT2D eigenvalue weighted by Crippen LogP contribution is 2.37. The van der Waals surface area contributed by atoms with Crippen LogP contribution in [0.4, 0.5) is 0 Å². The van der Waals surface area contributed by atoms with E-state index < -0.39 is 0 Å². The summed E-state index contributed by atoms with van der Waals surface area (Å²) in [5.41, 5.74) is 0.237. The number of hydrogen-bond acceptors (Lipinski definition) is 2. The van der Waals surface area contributed by atoms with Crippen molar-refractivity contribution in [3.63, 3.8) is 0 Å². The van der Waals surface area contributed by atoms with Crippen LogP contribution in [0.1, 0.15) is 25.6 Å². The van der Waals surface area contributed by atoms with Crippen molar-refractivity contribution in [2.75, 3.05) is 7.11 Å². The summed E-state index contributed by atoms with van der Waals surface area (Å²) in [5.74, 6) is 0. The molecule has 0 bridgehead atoms. The van der Waals surface area contributed by atoms with Gasteiger partial charge >= 0.3 is 0 Å². The van der Waals surface area contributed by atoms with E-state index in [9.17, 15) is 0 Å². The first kappa shape index (κ1) is 10.3. The Morgan fingerprint density at radius 1 is 1.42 bits per heavy atom. The van der Waals surface area contributed by atoms with Gasteiger partial charge in [0.2, 0.25) is 0 Å². The summed E-state index contributed by atoms with van der Waals surface area (Å²) in [6.07, 6.45) is 0. The van der Waals surface area contributed by atoms with Crippen LogP contribution in [-0.2, 0) is 5.41 Å². The highest BCUT2D eigenvalue weighted by Gasteiger charge is 2.18. The summed E-state index contributed by atoms with van der Waals surface area (Å²) in [7, 11) is 1.72. The van der Waals surface area contributed by atoms with E-state index in [1.54, 1.807) is 18.4 Å². The molecule has 0 saturated heterocycles. The molecule has 1 nitrogen and oxygen atoms in total. The van der Waals surface area contributed by atoms with E-state index >= 15 is 0 Å². The maximum absolute atomic E-state index is 5.23. The predicted octanol–water partition coefficient (Wildman–Crippen LogP) is 3.66. The third-order valence-corrected chi connectivity index (χ3v) is 4.27. The summed E-state index contributed by atoms with van der Waals surface area (Å²) in [6.45, 7) is 6.65. The molecule has 12 heavy (non-hydrogen) atoms. The molecule has 0 aliphatic carbocycles. The second kappa shape index (κ2) is 3.54. The molecule has 1 aromatic heterocycles. The van der Waals surface area contributed by atoms with Crippen LogP contribution in [0.15, 0.2) is 6.07 Å².